The van der Waals surface area contributed by atoms with Gasteiger partial charge in [0.1, 0.15) is 17.4 Å². The Bertz CT molecular complexity index is 648. The highest BCUT2D eigenvalue weighted by Gasteiger charge is 2.31. The highest BCUT2D eigenvalue weighted by atomic mass is 35.5. The highest BCUT2D eigenvalue weighted by Crippen LogP contribution is 2.37. The van der Waals surface area contributed by atoms with E-state index in [-0.39, 0.29) is 12.4 Å². The molecular formula is C15H16ClN3O. The monoisotopic (exact) mass is 289 g/mol. The molecule has 0 N–H and O–H groups in total. The zero-order valence-corrected chi connectivity index (χ0v) is 12.1. The van der Waals surface area contributed by atoms with Crippen molar-refractivity contribution in [1.82, 2.24) is 4.90 Å². The summed E-state index contributed by atoms with van der Waals surface area (Å²) in [6.07, 6.45) is 0.871. The topological polar surface area (TPSA) is 37.2 Å². The smallest absolute Gasteiger partial charge is 0.134 e. The second-order valence-electron chi connectivity index (χ2n) is 4.94. The van der Waals surface area contributed by atoms with Gasteiger partial charge in [-0.2, -0.15) is 0 Å². The fourth-order valence-corrected chi connectivity index (χ4v) is 2.92. The van der Waals surface area contributed by atoms with E-state index >= 15 is 0 Å². The molecule has 0 radical (unpaired) electrons. The lowest BCUT2D eigenvalue weighted by molar-refractivity contribution is 0.325. The van der Waals surface area contributed by atoms with Gasteiger partial charge in [-0.15, -0.1) is 12.4 Å². The second-order valence-corrected chi connectivity index (χ2v) is 4.94. The number of hydrogen-bond donors (Lipinski definition) is 0. The normalized spacial score (nSPS) is 19.8. The van der Waals surface area contributed by atoms with Crippen LogP contribution in [0.3, 0.4) is 0 Å². The van der Waals surface area contributed by atoms with Crippen molar-refractivity contribution in [1.29, 1.82) is 0 Å². The minimum absolute atomic E-state index is 0. The summed E-state index contributed by atoms with van der Waals surface area (Å²) in [6.45, 7) is 4.56. The molecule has 5 heteroatoms. The second kappa shape index (κ2) is 4.94. The predicted molar refractivity (Wildman–Crippen MR) is 82.8 cm³/mol. The van der Waals surface area contributed by atoms with Crippen LogP contribution in [0.25, 0.3) is 5.70 Å². The van der Waals surface area contributed by atoms with Gasteiger partial charge in [0, 0.05) is 24.1 Å². The number of benzene rings is 1. The van der Waals surface area contributed by atoms with Crippen LogP contribution in [0, 0.1) is 0 Å². The van der Waals surface area contributed by atoms with E-state index in [2.05, 4.69) is 22.9 Å². The van der Waals surface area contributed by atoms with Crippen molar-refractivity contribution in [2.75, 3.05) is 19.7 Å². The SMILES string of the molecule is CC1=NC2=C(CCOc3ccccc32)C2=NCCN12.Cl. The van der Waals surface area contributed by atoms with Crippen LogP contribution in [0.5, 0.6) is 5.75 Å². The average Bonchev–Trinajstić information content (AvgIpc) is 2.85. The van der Waals surface area contributed by atoms with Gasteiger partial charge in [0.2, 0.25) is 0 Å². The zero-order valence-electron chi connectivity index (χ0n) is 11.3. The Balaban J connectivity index is 0.00000121. The molecule has 0 unspecified atom stereocenters. The summed E-state index contributed by atoms with van der Waals surface area (Å²) in [4.78, 5) is 11.7. The van der Waals surface area contributed by atoms with Gasteiger partial charge in [0.15, 0.2) is 0 Å². The van der Waals surface area contributed by atoms with Crippen LogP contribution in [-0.2, 0) is 0 Å². The first-order valence-corrected chi connectivity index (χ1v) is 6.67. The molecule has 0 bridgehead atoms. The maximum Gasteiger partial charge on any atom is 0.134 e. The van der Waals surface area contributed by atoms with Gasteiger partial charge in [-0.05, 0) is 19.1 Å². The Hall–Kier alpha value is -1.81. The first kappa shape index (κ1) is 13.2. The molecule has 0 amide bonds. The summed E-state index contributed by atoms with van der Waals surface area (Å²) < 4.78 is 5.84. The van der Waals surface area contributed by atoms with Crippen molar-refractivity contribution in [2.45, 2.75) is 13.3 Å². The summed E-state index contributed by atoms with van der Waals surface area (Å²) in [6, 6.07) is 8.13. The first-order chi connectivity index (χ1) is 9.34. The molecule has 0 atom stereocenters. The van der Waals surface area contributed by atoms with E-state index in [0.717, 1.165) is 48.2 Å². The molecule has 0 aliphatic carbocycles. The predicted octanol–water partition coefficient (Wildman–Crippen LogP) is 2.75. The molecule has 4 nitrogen and oxygen atoms in total. The van der Waals surface area contributed by atoms with E-state index < -0.39 is 0 Å². The summed E-state index contributed by atoms with van der Waals surface area (Å²) in [5.74, 6) is 3.06. The van der Waals surface area contributed by atoms with Crippen LogP contribution >= 0.6 is 12.4 Å². The molecule has 3 heterocycles. The van der Waals surface area contributed by atoms with Gasteiger partial charge in [0.05, 0.1) is 18.8 Å². The number of rotatable bonds is 0. The van der Waals surface area contributed by atoms with Crippen LogP contribution < -0.4 is 4.74 Å². The van der Waals surface area contributed by atoms with E-state index in [1.807, 2.05) is 18.2 Å². The Labute approximate surface area is 124 Å². The molecule has 1 aromatic carbocycles. The van der Waals surface area contributed by atoms with E-state index in [1.54, 1.807) is 0 Å². The van der Waals surface area contributed by atoms with Gasteiger partial charge in [0.25, 0.3) is 0 Å². The van der Waals surface area contributed by atoms with Gasteiger partial charge in [-0.25, -0.2) is 4.99 Å². The molecule has 3 aliphatic heterocycles. The molecule has 20 heavy (non-hydrogen) atoms. The van der Waals surface area contributed by atoms with Gasteiger partial charge >= 0.3 is 0 Å². The zero-order chi connectivity index (χ0) is 12.8. The lowest BCUT2D eigenvalue weighted by Gasteiger charge is -2.26. The minimum atomic E-state index is 0. The number of aliphatic imine (C=N–C) groups is 2. The fourth-order valence-electron chi connectivity index (χ4n) is 2.92. The van der Waals surface area contributed by atoms with Crippen molar-refractivity contribution in [3.8, 4) is 5.75 Å². The maximum absolute atomic E-state index is 5.84. The molecule has 0 spiro atoms. The molecule has 0 saturated heterocycles. The van der Waals surface area contributed by atoms with Crippen LogP contribution in [0.1, 0.15) is 18.9 Å². The van der Waals surface area contributed by atoms with Crippen molar-refractivity contribution < 1.29 is 4.74 Å². The van der Waals surface area contributed by atoms with E-state index in [0.29, 0.717) is 6.61 Å². The minimum Gasteiger partial charge on any atom is -0.493 e. The number of ether oxygens (including phenoxy) is 1. The lowest BCUT2D eigenvalue weighted by atomic mass is 10.0. The summed E-state index contributed by atoms with van der Waals surface area (Å²) in [7, 11) is 0. The van der Waals surface area contributed by atoms with Crippen LogP contribution in [0.2, 0.25) is 0 Å². The third-order valence-electron chi connectivity index (χ3n) is 3.81. The number of amidine groups is 2. The highest BCUT2D eigenvalue weighted by molar-refractivity contribution is 6.17. The van der Waals surface area contributed by atoms with E-state index in [9.17, 15) is 0 Å². The number of hydrogen-bond acceptors (Lipinski definition) is 4. The van der Waals surface area contributed by atoms with Crippen LogP contribution in [-0.4, -0.2) is 36.3 Å². The van der Waals surface area contributed by atoms with Crippen molar-refractivity contribution in [3.63, 3.8) is 0 Å². The summed E-state index contributed by atoms with van der Waals surface area (Å²) in [5.41, 5.74) is 3.36. The number of nitrogens with zero attached hydrogens (tertiary/aromatic N) is 3. The number of fused-ring (bicyclic) bond motifs is 4. The van der Waals surface area contributed by atoms with Crippen LogP contribution in [0.4, 0.5) is 0 Å². The van der Waals surface area contributed by atoms with Gasteiger partial charge < -0.3 is 9.64 Å². The largest absolute Gasteiger partial charge is 0.493 e. The van der Waals surface area contributed by atoms with E-state index in [1.165, 1.54) is 5.57 Å². The Morgan fingerprint density at radius 3 is 3.00 bits per heavy atom. The molecule has 0 fully saturated rings. The van der Waals surface area contributed by atoms with Crippen molar-refractivity contribution >= 4 is 29.8 Å². The first-order valence-electron chi connectivity index (χ1n) is 6.67. The lowest BCUT2D eigenvalue weighted by Crippen LogP contribution is -2.36. The third kappa shape index (κ3) is 1.83. The van der Waals surface area contributed by atoms with Crippen LogP contribution in [0.15, 0.2) is 39.8 Å². The molecule has 0 saturated carbocycles. The molecule has 4 rings (SSSR count). The van der Waals surface area contributed by atoms with Crippen molar-refractivity contribution in [3.05, 3.63) is 35.4 Å². The molecular weight excluding hydrogens is 274 g/mol. The number of para-hydroxylation sites is 1. The Morgan fingerprint density at radius 2 is 2.10 bits per heavy atom. The van der Waals surface area contributed by atoms with E-state index in [4.69, 9.17) is 9.73 Å². The van der Waals surface area contributed by atoms with Gasteiger partial charge in [-0.1, -0.05) is 12.1 Å². The molecule has 3 aliphatic rings. The Morgan fingerprint density at radius 1 is 1.25 bits per heavy atom. The third-order valence-corrected chi connectivity index (χ3v) is 3.81. The fraction of sp³-hybridized carbons (Fsp3) is 0.333. The van der Waals surface area contributed by atoms with Gasteiger partial charge in [-0.3, -0.25) is 4.99 Å². The molecule has 1 aromatic rings. The molecule has 0 aromatic heterocycles. The average molecular weight is 290 g/mol. The molecule has 104 valence electrons. The summed E-state index contributed by atoms with van der Waals surface area (Å²) >= 11 is 0. The number of halogens is 1. The maximum atomic E-state index is 5.84. The summed E-state index contributed by atoms with van der Waals surface area (Å²) in [5, 5.41) is 0. The quantitative estimate of drug-likeness (QED) is 0.736. The standard InChI is InChI=1S/C15H15N3O.ClH/c1-10-17-14-11-4-2-3-5-13(11)19-9-6-12(14)15-16-7-8-18(10)15;/h2-5H,6-9H2,1H3;1H. The Kier molecular flexibility index (Phi) is 3.26. The van der Waals surface area contributed by atoms with Crippen molar-refractivity contribution in [2.24, 2.45) is 9.98 Å².